The minimum atomic E-state index is 0.907. The largest absolute Gasteiger partial charge is 0.455 e. The zero-order valence-electron chi connectivity index (χ0n) is 24.8. The Morgan fingerprint density at radius 2 is 0.957 bits per heavy atom. The first-order valence-corrected chi connectivity index (χ1v) is 16.5. The van der Waals surface area contributed by atoms with Gasteiger partial charge in [-0.15, -0.1) is 11.3 Å². The Hall–Kier alpha value is -5.70. The predicted molar refractivity (Wildman–Crippen MR) is 198 cm³/mol. The van der Waals surface area contributed by atoms with Crippen LogP contribution in [0.15, 0.2) is 162 Å². The van der Waals surface area contributed by atoms with E-state index in [1.54, 1.807) is 0 Å². The maximum atomic E-state index is 6.86. The Bertz CT molecular complexity index is 2790. The van der Waals surface area contributed by atoms with E-state index in [2.05, 4.69) is 158 Å². The summed E-state index contributed by atoms with van der Waals surface area (Å²) in [5, 5.41) is 9.87. The Balaban J connectivity index is 1.30. The van der Waals surface area contributed by atoms with Crippen molar-refractivity contribution in [2.45, 2.75) is 0 Å². The van der Waals surface area contributed by atoms with Gasteiger partial charge < -0.3 is 4.42 Å². The minimum Gasteiger partial charge on any atom is -0.455 e. The second kappa shape index (κ2) is 9.90. The number of rotatable bonds is 3. The molecule has 0 aliphatic carbocycles. The lowest BCUT2D eigenvalue weighted by Crippen LogP contribution is -1.90. The fourth-order valence-electron chi connectivity index (χ4n) is 7.49. The number of hydrogen-bond acceptors (Lipinski definition) is 2. The number of benzene rings is 8. The van der Waals surface area contributed by atoms with Gasteiger partial charge in [0.2, 0.25) is 0 Å². The molecule has 0 radical (unpaired) electrons. The summed E-state index contributed by atoms with van der Waals surface area (Å²) in [5.41, 5.74) is 9.07. The average molecular weight is 603 g/mol. The second-order valence-electron chi connectivity index (χ2n) is 12.0. The van der Waals surface area contributed by atoms with E-state index in [9.17, 15) is 0 Å². The van der Waals surface area contributed by atoms with Crippen LogP contribution in [0, 0.1) is 0 Å². The number of furan rings is 1. The summed E-state index contributed by atoms with van der Waals surface area (Å²) < 4.78 is 9.48. The molecule has 0 unspecified atom stereocenters. The van der Waals surface area contributed by atoms with Crippen LogP contribution in [0.4, 0.5) is 0 Å². The normalized spacial score (nSPS) is 11.9. The maximum absolute atomic E-state index is 6.86. The fraction of sp³-hybridized carbons (Fsp3) is 0. The van der Waals surface area contributed by atoms with Crippen LogP contribution >= 0.6 is 11.3 Å². The van der Waals surface area contributed by atoms with Crippen LogP contribution in [0.25, 0.3) is 97.0 Å². The van der Waals surface area contributed by atoms with Gasteiger partial charge in [0.25, 0.3) is 0 Å². The van der Waals surface area contributed by atoms with Crippen LogP contribution in [0.1, 0.15) is 0 Å². The van der Waals surface area contributed by atoms with E-state index >= 15 is 0 Å². The molecule has 0 aliphatic rings. The highest BCUT2D eigenvalue weighted by Crippen LogP contribution is 2.50. The lowest BCUT2D eigenvalue weighted by molar-refractivity contribution is 0.670. The summed E-state index contributed by atoms with van der Waals surface area (Å²) in [4.78, 5) is 0. The summed E-state index contributed by atoms with van der Waals surface area (Å²) >= 11 is 1.86. The van der Waals surface area contributed by atoms with Crippen LogP contribution in [-0.2, 0) is 0 Å². The van der Waals surface area contributed by atoms with E-state index in [1.165, 1.54) is 69.4 Å². The molecule has 8 aromatic carbocycles. The van der Waals surface area contributed by atoms with Crippen molar-refractivity contribution in [3.05, 3.63) is 158 Å². The predicted octanol–water partition coefficient (Wildman–Crippen LogP) is 13.3. The zero-order valence-corrected chi connectivity index (χ0v) is 25.6. The number of thiophene rings is 1. The van der Waals surface area contributed by atoms with Gasteiger partial charge in [-0.1, -0.05) is 140 Å². The van der Waals surface area contributed by atoms with Gasteiger partial charge in [-0.3, -0.25) is 0 Å². The fourth-order valence-corrected chi connectivity index (χ4v) is 8.62. The van der Waals surface area contributed by atoms with E-state index in [0.29, 0.717) is 0 Å². The van der Waals surface area contributed by atoms with E-state index in [4.69, 9.17) is 4.42 Å². The van der Waals surface area contributed by atoms with Gasteiger partial charge >= 0.3 is 0 Å². The molecule has 0 aliphatic heterocycles. The monoisotopic (exact) mass is 602 g/mol. The van der Waals surface area contributed by atoms with Crippen molar-refractivity contribution in [3.8, 4) is 33.4 Å². The first kappa shape index (κ1) is 25.6. The summed E-state index contributed by atoms with van der Waals surface area (Å²) in [6.45, 7) is 0. The van der Waals surface area contributed by atoms with Crippen LogP contribution < -0.4 is 0 Å². The van der Waals surface area contributed by atoms with E-state index in [-0.39, 0.29) is 0 Å². The molecule has 0 N–H and O–H groups in total. The number of hydrogen-bond donors (Lipinski definition) is 0. The highest BCUT2D eigenvalue weighted by atomic mass is 32.1. The lowest BCUT2D eigenvalue weighted by atomic mass is 9.86. The molecule has 10 rings (SSSR count). The topological polar surface area (TPSA) is 13.1 Å². The van der Waals surface area contributed by atoms with Gasteiger partial charge in [-0.25, -0.2) is 0 Å². The molecule has 0 saturated carbocycles. The van der Waals surface area contributed by atoms with Gasteiger partial charge in [-0.05, 0) is 62.0 Å². The number of para-hydroxylation sites is 1. The molecule has 2 heterocycles. The molecule has 10 aromatic rings. The van der Waals surface area contributed by atoms with E-state index in [0.717, 1.165) is 27.7 Å². The van der Waals surface area contributed by atoms with Gasteiger partial charge in [0.05, 0.1) is 0 Å². The van der Waals surface area contributed by atoms with Crippen LogP contribution in [-0.4, -0.2) is 0 Å². The number of fused-ring (bicyclic) bond motifs is 8. The van der Waals surface area contributed by atoms with Crippen molar-refractivity contribution in [2.75, 3.05) is 0 Å². The van der Waals surface area contributed by atoms with Crippen LogP contribution in [0.5, 0.6) is 0 Å². The van der Waals surface area contributed by atoms with Crippen molar-refractivity contribution < 1.29 is 4.42 Å². The minimum absolute atomic E-state index is 0.907. The third kappa shape index (κ3) is 3.68. The van der Waals surface area contributed by atoms with Crippen molar-refractivity contribution in [2.24, 2.45) is 0 Å². The first-order valence-electron chi connectivity index (χ1n) is 15.7. The Kier molecular flexibility index (Phi) is 5.51. The molecule has 46 heavy (non-hydrogen) atoms. The molecule has 2 heteroatoms. The van der Waals surface area contributed by atoms with Crippen LogP contribution in [0.3, 0.4) is 0 Å². The SMILES string of the molecule is c1ccc2c(-c3ccc(-c4c5ccccc5c(-c5cccc6sc7ccccc7c56)c5c4oc4ccccc45)cc3)cccc2c1. The standard InChI is InChI=1S/C44H26OS/c1-2-13-30-27(11-1)12-9-18-31(30)28-23-25-29(26-24-28)40-32-14-3-4-15-33(32)42(43-34-16-5-7-20-37(34)45-44(40)43)36-19-10-22-39-41(36)35-17-6-8-21-38(35)46-39/h1-26H. The highest BCUT2D eigenvalue weighted by Gasteiger charge is 2.24. The van der Waals surface area contributed by atoms with Crippen molar-refractivity contribution >= 4 is 75.0 Å². The Labute approximate surface area is 269 Å². The van der Waals surface area contributed by atoms with Gasteiger partial charge in [0.15, 0.2) is 0 Å². The quantitative estimate of drug-likeness (QED) is 0.196. The second-order valence-corrected chi connectivity index (χ2v) is 13.1. The van der Waals surface area contributed by atoms with E-state index in [1.807, 2.05) is 11.3 Å². The molecular formula is C44H26OS. The first-order chi connectivity index (χ1) is 22.8. The molecule has 0 bridgehead atoms. The third-order valence-electron chi connectivity index (χ3n) is 9.48. The van der Waals surface area contributed by atoms with Crippen molar-refractivity contribution in [1.82, 2.24) is 0 Å². The average Bonchev–Trinajstić information content (AvgIpc) is 3.69. The molecule has 2 aromatic heterocycles. The lowest BCUT2D eigenvalue weighted by Gasteiger charge is -2.16. The highest BCUT2D eigenvalue weighted by molar-refractivity contribution is 7.25. The molecule has 0 saturated heterocycles. The third-order valence-corrected chi connectivity index (χ3v) is 10.6. The summed E-state index contributed by atoms with van der Waals surface area (Å²) in [6, 6.07) is 57.1. The Morgan fingerprint density at radius 3 is 1.80 bits per heavy atom. The van der Waals surface area contributed by atoms with Crippen molar-refractivity contribution in [1.29, 1.82) is 0 Å². The molecule has 0 atom stereocenters. The van der Waals surface area contributed by atoms with E-state index < -0.39 is 0 Å². The molecular weight excluding hydrogens is 577 g/mol. The molecule has 0 fully saturated rings. The van der Waals surface area contributed by atoms with Gasteiger partial charge in [-0.2, -0.15) is 0 Å². The molecule has 0 spiro atoms. The molecule has 214 valence electrons. The Morgan fingerprint density at radius 1 is 0.370 bits per heavy atom. The zero-order chi connectivity index (χ0) is 30.2. The summed E-state index contributed by atoms with van der Waals surface area (Å²) in [5.74, 6) is 0. The maximum Gasteiger partial charge on any atom is 0.144 e. The molecule has 0 amide bonds. The summed E-state index contributed by atoms with van der Waals surface area (Å²) in [6.07, 6.45) is 0. The molecule has 1 nitrogen and oxygen atoms in total. The smallest absolute Gasteiger partial charge is 0.144 e. The van der Waals surface area contributed by atoms with Crippen molar-refractivity contribution in [3.63, 3.8) is 0 Å². The van der Waals surface area contributed by atoms with Gasteiger partial charge in [0, 0.05) is 42.1 Å². The summed E-state index contributed by atoms with van der Waals surface area (Å²) in [7, 11) is 0. The van der Waals surface area contributed by atoms with Gasteiger partial charge in [0.1, 0.15) is 11.2 Å². The van der Waals surface area contributed by atoms with Crippen LogP contribution in [0.2, 0.25) is 0 Å².